The predicted molar refractivity (Wildman–Crippen MR) is 132 cm³/mol. The Labute approximate surface area is 199 Å². The Hall–Kier alpha value is -2.38. The molecule has 6 nitrogen and oxygen atoms in total. The van der Waals surface area contributed by atoms with E-state index in [0.29, 0.717) is 12.0 Å². The summed E-state index contributed by atoms with van der Waals surface area (Å²) in [4.78, 5) is 32.0. The van der Waals surface area contributed by atoms with Gasteiger partial charge in [-0.15, -0.1) is 11.3 Å². The van der Waals surface area contributed by atoms with Crippen molar-refractivity contribution in [3.63, 3.8) is 0 Å². The number of hydrogen-bond donors (Lipinski definition) is 2. The van der Waals surface area contributed by atoms with Gasteiger partial charge in [0.15, 0.2) is 0 Å². The SMILES string of the molecule is O=C(Nc1ccc(C(=O)N2CCNCC2c2cccs2)c(N2CCC3(CCC3)C2)c1)C1CC1. The van der Waals surface area contributed by atoms with Crippen molar-refractivity contribution in [3.8, 4) is 0 Å². The van der Waals surface area contributed by atoms with Gasteiger partial charge in [0.1, 0.15) is 0 Å². The molecule has 6 rings (SSSR count). The molecule has 1 atom stereocenters. The highest BCUT2D eigenvalue weighted by molar-refractivity contribution is 7.10. The van der Waals surface area contributed by atoms with E-state index in [1.807, 2.05) is 23.1 Å². The fraction of sp³-hybridized carbons (Fsp3) is 0.538. The third-order valence-electron chi connectivity index (χ3n) is 8.01. The standard InChI is InChI=1S/C26H32N4O2S/c31-24(18-4-5-18)28-19-6-7-20(21(15-19)29-12-10-26(17-29)8-2-9-26)25(32)30-13-11-27-16-22(30)23-3-1-14-33-23/h1,3,6-7,14-15,18,22,27H,2,4-5,8-13,16-17H2,(H,28,31). The number of benzene rings is 1. The lowest BCUT2D eigenvalue weighted by molar-refractivity contribution is -0.117. The molecule has 1 aromatic heterocycles. The van der Waals surface area contributed by atoms with E-state index in [9.17, 15) is 9.59 Å². The number of amides is 2. The monoisotopic (exact) mass is 464 g/mol. The molecule has 3 heterocycles. The Morgan fingerprint density at radius 2 is 2.00 bits per heavy atom. The van der Waals surface area contributed by atoms with Crippen molar-refractivity contribution in [1.82, 2.24) is 10.2 Å². The molecule has 2 aliphatic heterocycles. The highest BCUT2D eigenvalue weighted by Crippen LogP contribution is 2.49. The lowest BCUT2D eigenvalue weighted by atomic mass is 9.68. The zero-order chi connectivity index (χ0) is 22.4. The molecule has 4 fully saturated rings. The average molecular weight is 465 g/mol. The Bertz CT molecular complexity index is 1040. The van der Waals surface area contributed by atoms with E-state index in [-0.39, 0.29) is 23.8 Å². The number of nitrogens with one attached hydrogen (secondary N) is 2. The van der Waals surface area contributed by atoms with Gasteiger partial charge >= 0.3 is 0 Å². The summed E-state index contributed by atoms with van der Waals surface area (Å²) >= 11 is 1.71. The molecule has 2 amide bonds. The van der Waals surface area contributed by atoms with E-state index in [0.717, 1.165) is 56.0 Å². The second kappa shape index (κ2) is 8.44. The second-order valence-corrected chi connectivity index (χ2v) is 11.2. The first-order valence-corrected chi connectivity index (χ1v) is 13.2. The average Bonchev–Trinajstić information content (AvgIpc) is 3.33. The summed E-state index contributed by atoms with van der Waals surface area (Å²) in [5.74, 6) is 0.364. The van der Waals surface area contributed by atoms with Crippen molar-refractivity contribution in [2.45, 2.75) is 44.6 Å². The van der Waals surface area contributed by atoms with Gasteiger partial charge in [-0.3, -0.25) is 9.59 Å². The van der Waals surface area contributed by atoms with Crippen LogP contribution in [0.3, 0.4) is 0 Å². The molecule has 33 heavy (non-hydrogen) atoms. The molecule has 0 bridgehead atoms. The molecule has 2 saturated heterocycles. The quantitative estimate of drug-likeness (QED) is 0.694. The fourth-order valence-electron chi connectivity index (χ4n) is 5.70. The van der Waals surface area contributed by atoms with E-state index in [1.165, 1.54) is 30.6 Å². The van der Waals surface area contributed by atoms with Gasteiger partial charge in [0, 0.05) is 49.2 Å². The first kappa shape index (κ1) is 21.2. The van der Waals surface area contributed by atoms with Crippen LogP contribution in [0.2, 0.25) is 0 Å². The zero-order valence-corrected chi connectivity index (χ0v) is 19.8. The number of carbonyl (C=O) groups excluding carboxylic acids is 2. The Morgan fingerprint density at radius 3 is 2.70 bits per heavy atom. The highest BCUT2D eigenvalue weighted by Gasteiger charge is 2.44. The number of anilines is 2. The summed E-state index contributed by atoms with van der Waals surface area (Å²) in [5.41, 5.74) is 2.99. The Kier molecular flexibility index (Phi) is 5.41. The number of piperazine rings is 1. The highest BCUT2D eigenvalue weighted by atomic mass is 32.1. The number of hydrogen-bond acceptors (Lipinski definition) is 5. The molecule has 2 aliphatic carbocycles. The maximum absolute atomic E-state index is 14.0. The lowest BCUT2D eigenvalue weighted by Crippen LogP contribution is -2.48. The van der Waals surface area contributed by atoms with Gasteiger partial charge in [-0.2, -0.15) is 0 Å². The molecule has 2 aromatic rings. The summed E-state index contributed by atoms with van der Waals surface area (Å²) < 4.78 is 0. The zero-order valence-electron chi connectivity index (χ0n) is 19.0. The molecule has 0 radical (unpaired) electrons. The minimum Gasteiger partial charge on any atom is -0.370 e. The van der Waals surface area contributed by atoms with Crippen LogP contribution in [0.1, 0.15) is 59.8 Å². The van der Waals surface area contributed by atoms with Crippen LogP contribution in [-0.2, 0) is 4.79 Å². The summed E-state index contributed by atoms with van der Waals surface area (Å²) in [6.45, 7) is 4.29. The third-order valence-corrected chi connectivity index (χ3v) is 8.99. The normalized spacial score (nSPS) is 24.1. The molecular weight excluding hydrogens is 432 g/mol. The van der Waals surface area contributed by atoms with Crippen LogP contribution >= 0.6 is 11.3 Å². The number of rotatable bonds is 5. The first-order valence-electron chi connectivity index (χ1n) is 12.4. The second-order valence-electron chi connectivity index (χ2n) is 10.3. The van der Waals surface area contributed by atoms with Gasteiger partial charge in [0.05, 0.1) is 17.3 Å². The molecule has 1 spiro atoms. The van der Waals surface area contributed by atoms with E-state index < -0.39 is 0 Å². The van der Waals surface area contributed by atoms with Crippen molar-refractivity contribution in [2.24, 2.45) is 11.3 Å². The van der Waals surface area contributed by atoms with Gasteiger partial charge in [-0.25, -0.2) is 0 Å². The van der Waals surface area contributed by atoms with Crippen molar-refractivity contribution >= 4 is 34.5 Å². The summed E-state index contributed by atoms with van der Waals surface area (Å²) in [6, 6.07) is 10.1. The number of nitrogens with zero attached hydrogens (tertiary/aromatic N) is 2. The van der Waals surface area contributed by atoms with Gasteiger partial charge in [-0.05, 0) is 67.2 Å². The Balaban J connectivity index is 1.32. The minimum atomic E-state index is 0.0601. The Morgan fingerprint density at radius 1 is 1.12 bits per heavy atom. The van der Waals surface area contributed by atoms with Crippen LogP contribution in [0.5, 0.6) is 0 Å². The smallest absolute Gasteiger partial charge is 0.256 e. The molecule has 174 valence electrons. The number of thiophene rings is 1. The maximum Gasteiger partial charge on any atom is 0.256 e. The van der Waals surface area contributed by atoms with Crippen LogP contribution in [-0.4, -0.2) is 49.4 Å². The van der Waals surface area contributed by atoms with Crippen LogP contribution in [0.4, 0.5) is 11.4 Å². The largest absolute Gasteiger partial charge is 0.370 e. The predicted octanol–water partition coefficient (Wildman–Crippen LogP) is 4.26. The molecular formula is C26H32N4O2S. The maximum atomic E-state index is 14.0. The molecule has 7 heteroatoms. The third kappa shape index (κ3) is 4.06. The van der Waals surface area contributed by atoms with Gasteiger partial charge in [0.2, 0.25) is 5.91 Å². The van der Waals surface area contributed by atoms with Gasteiger partial charge in [0.25, 0.3) is 5.91 Å². The number of carbonyl (C=O) groups is 2. The van der Waals surface area contributed by atoms with E-state index in [4.69, 9.17) is 0 Å². The van der Waals surface area contributed by atoms with Crippen molar-refractivity contribution in [3.05, 3.63) is 46.2 Å². The van der Waals surface area contributed by atoms with Gasteiger partial charge in [-0.1, -0.05) is 12.5 Å². The van der Waals surface area contributed by atoms with Crippen molar-refractivity contribution < 1.29 is 9.59 Å². The molecule has 2 saturated carbocycles. The van der Waals surface area contributed by atoms with Crippen molar-refractivity contribution in [1.29, 1.82) is 0 Å². The van der Waals surface area contributed by atoms with E-state index in [1.54, 1.807) is 11.3 Å². The topological polar surface area (TPSA) is 64.7 Å². The summed E-state index contributed by atoms with van der Waals surface area (Å²) in [5, 5.41) is 8.63. The molecule has 2 N–H and O–H groups in total. The van der Waals surface area contributed by atoms with Crippen molar-refractivity contribution in [2.75, 3.05) is 42.9 Å². The summed E-state index contributed by atoms with van der Waals surface area (Å²) in [6.07, 6.45) is 7.07. The van der Waals surface area contributed by atoms with Crippen LogP contribution in [0.25, 0.3) is 0 Å². The summed E-state index contributed by atoms with van der Waals surface area (Å²) in [7, 11) is 0. The van der Waals surface area contributed by atoms with Crippen LogP contribution in [0, 0.1) is 11.3 Å². The first-order chi connectivity index (χ1) is 16.1. The molecule has 1 unspecified atom stereocenters. The molecule has 4 aliphatic rings. The lowest BCUT2D eigenvalue weighted by Gasteiger charge is -2.39. The van der Waals surface area contributed by atoms with E-state index in [2.05, 4.69) is 33.0 Å². The fourth-order valence-corrected chi connectivity index (χ4v) is 6.54. The van der Waals surface area contributed by atoms with Crippen LogP contribution < -0.4 is 15.5 Å². The van der Waals surface area contributed by atoms with E-state index >= 15 is 0 Å². The minimum absolute atomic E-state index is 0.0601. The van der Waals surface area contributed by atoms with Crippen LogP contribution in [0.15, 0.2) is 35.7 Å². The molecule has 1 aromatic carbocycles. The van der Waals surface area contributed by atoms with Gasteiger partial charge < -0.3 is 20.4 Å².